The van der Waals surface area contributed by atoms with Gasteiger partial charge in [0, 0.05) is 0 Å². The highest BCUT2D eigenvalue weighted by atomic mass is 14.1. The van der Waals surface area contributed by atoms with Gasteiger partial charge in [0.05, 0.1) is 0 Å². The summed E-state index contributed by atoms with van der Waals surface area (Å²) in [6, 6.07) is 8.96. The van der Waals surface area contributed by atoms with Crippen LogP contribution in [0.5, 0.6) is 0 Å². The predicted molar refractivity (Wildman–Crippen MR) is 72.8 cm³/mol. The molecule has 1 atom stereocenters. The molecule has 0 heteroatoms. The van der Waals surface area contributed by atoms with E-state index in [-0.39, 0.29) is 0 Å². The average Bonchev–Trinajstić information content (AvgIpc) is 2.35. The molecule has 0 saturated carbocycles. The minimum atomic E-state index is 0.662. The van der Waals surface area contributed by atoms with E-state index >= 15 is 0 Å². The Morgan fingerprint density at radius 1 is 1.31 bits per heavy atom. The van der Waals surface area contributed by atoms with Crippen molar-refractivity contribution in [2.24, 2.45) is 0 Å². The summed E-state index contributed by atoms with van der Waals surface area (Å²) in [6.45, 7) is 10.4. The van der Waals surface area contributed by atoms with Gasteiger partial charge >= 0.3 is 0 Å². The first-order valence-electron chi connectivity index (χ1n) is 6.07. The second-order valence-electron chi connectivity index (χ2n) is 4.30. The lowest BCUT2D eigenvalue weighted by molar-refractivity contribution is 0.733. The van der Waals surface area contributed by atoms with E-state index in [1.54, 1.807) is 0 Å². The maximum absolute atomic E-state index is 3.82. The molecule has 0 heterocycles. The largest absolute Gasteiger partial charge is 0.0988 e. The number of hydrogen-bond donors (Lipinski definition) is 0. The molecule has 0 spiro atoms. The second-order valence-corrected chi connectivity index (χ2v) is 4.30. The first-order valence-corrected chi connectivity index (χ1v) is 6.07. The van der Waals surface area contributed by atoms with Crippen molar-refractivity contribution < 1.29 is 0 Å². The summed E-state index contributed by atoms with van der Waals surface area (Å²) in [5, 5.41) is 0. The van der Waals surface area contributed by atoms with E-state index in [2.05, 4.69) is 57.7 Å². The van der Waals surface area contributed by atoms with Crippen molar-refractivity contribution in [2.45, 2.75) is 39.5 Å². The zero-order valence-electron chi connectivity index (χ0n) is 10.7. The van der Waals surface area contributed by atoms with Gasteiger partial charge in [-0.3, -0.25) is 0 Å². The van der Waals surface area contributed by atoms with Crippen LogP contribution in [0.1, 0.15) is 44.2 Å². The molecule has 0 saturated heterocycles. The Morgan fingerprint density at radius 3 is 2.38 bits per heavy atom. The van der Waals surface area contributed by atoms with Crippen LogP contribution in [0.3, 0.4) is 0 Å². The maximum atomic E-state index is 3.82. The van der Waals surface area contributed by atoms with Crippen molar-refractivity contribution in [3.8, 4) is 0 Å². The predicted octanol–water partition coefficient (Wildman–Crippen LogP) is 4.87. The van der Waals surface area contributed by atoms with Crippen LogP contribution < -0.4 is 0 Å². The van der Waals surface area contributed by atoms with Gasteiger partial charge < -0.3 is 0 Å². The minimum absolute atomic E-state index is 0.662. The Balaban J connectivity index is 2.75. The monoisotopic (exact) mass is 214 g/mol. The Labute approximate surface area is 99.7 Å². The molecule has 1 unspecified atom stereocenters. The first kappa shape index (κ1) is 12.8. The standard InChI is InChI=1S/C16H22/c1-5-13(4)16-10-8-15(9-11-16)12-14(6-2)7-3/h6-11,13H,2,5,12H2,1,3-4H3/b14-7+. The fourth-order valence-corrected chi connectivity index (χ4v) is 1.73. The maximum Gasteiger partial charge on any atom is -0.00293 e. The van der Waals surface area contributed by atoms with Crippen LogP contribution in [0.4, 0.5) is 0 Å². The summed E-state index contributed by atoms with van der Waals surface area (Å²) in [4.78, 5) is 0. The van der Waals surface area contributed by atoms with Crippen LogP contribution in [0.25, 0.3) is 0 Å². The Morgan fingerprint density at radius 2 is 1.94 bits per heavy atom. The molecule has 0 nitrogen and oxygen atoms in total. The van der Waals surface area contributed by atoms with Gasteiger partial charge in [0.2, 0.25) is 0 Å². The van der Waals surface area contributed by atoms with E-state index in [4.69, 9.17) is 0 Å². The molecule has 86 valence electrons. The molecule has 0 fully saturated rings. The summed E-state index contributed by atoms with van der Waals surface area (Å²) in [5.74, 6) is 0.662. The lowest BCUT2D eigenvalue weighted by Gasteiger charge is -2.10. The van der Waals surface area contributed by atoms with Crippen molar-refractivity contribution in [3.05, 3.63) is 59.7 Å². The molecular formula is C16H22. The van der Waals surface area contributed by atoms with Gasteiger partial charge in [-0.25, -0.2) is 0 Å². The van der Waals surface area contributed by atoms with Gasteiger partial charge in [-0.2, -0.15) is 0 Å². The zero-order valence-corrected chi connectivity index (χ0v) is 10.7. The molecule has 0 radical (unpaired) electrons. The third-order valence-electron chi connectivity index (χ3n) is 3.20. The third kappa shape index (κ3) is 3.37. The number of rotatable bonds is 5. The smallest absolute Gasteiger partial charge is 0.00293 e. The van der Waals surface area contributed by atoms with Crippen molar-refractivity contribution >= 4 is 0 Å². The summed E-state index contributed by atoms with van der Waals surface area (Å²) >= 11 is 0. The van der Waals surface area contributed by atoms with Crippen molar-refractivity contribution in [1.82, 2.24) is 0 Å². The molecule has 0 aliphatic heterocycles. The third-order valence-corrected chi connectivity index (χ3v) is 3.20. The van der Waals surface area contributed by atoms with Gasteiger partial charge in [-0.1, -0.05) is 56.8 Å². The van der Waals surface area contributed by atoms with Crippen LogP contribution >= 0.6 is 0 Å². The summed E-state index contributed by atoms with van der Waals surface area (Å²) in [6.07, 6.45) is 6.24. The highest BCUT2D eigenvalue weighted by Crippen LogP contribution is 2.19. The van der Waals surface area contributed by atoms with Crippen molar-refractivity contribution in [3.63, 3.8) is 0 Å². The van der Waals surface area contributed by atoms with E-state index in [1.165, 1.54) is 23.1 Å². The zero-order chi connectivity index (χ0) is 12.0. The lowest BCUT2D eigenvalue weighted by Crippen LogP contribution is -1.93. The second kappa shape index (κ2) is 6.32. The molecule has 0 N–H and O–H groups in total. The van der Waals surface area contributed by atoms with E-state index in [0.29, 0.717) is 5.92 Å². The summed E-state index contributed by atoms with van der Waals surface area (Å²) in [5.41, 5.74) is 4.09. The van der Waals surface area contributed by atoms with Gasteiger partial charge in [0.25, 0.3) is 0 Å². The van der Waals surface area contributed by atoms with Crippen LogP contribution in [-0.2, 0) is 6.42 Å². The topological polar surface area (TPSA) is 0 Å². The molecule has 0 amide bonds. The fraction of sp³-hybridized carbons (Fsp3) is 0.375. The molecule has 0 aliphatic carbocycles. The van der Waals surface area contributed by atoms with Gasteiger partial charge in [-0.05, 0) is 42.4 Å². The summed E-state index contributed by atoms with van der Waals surface area (Å²) in [7, 11) is 0. The average molecular weight is 214 g/mol. The highest BCUT2D eigenvalue weighted by molar-refractivity contribution is 5.30. The number of allylic oxidation sites excluding steroid dienone is 3. The van der Waals surface area contributed by atoms with Gasteiger partial charge in [-0.15, -0.1) is 0 Å². The van der Waals surface area contributed by atoms with Crippen molar-refractivity contribution in [1.29, 1.82) is 0 Å². The van der Waals surface area contributed by atoms with E-state index in [0.717, 1.165) is 6.42 Å². The van der Waals surface area contributed by atoms with Gasteiger partial charge in [0.15, 0.2) is 0 Å². The lowest BCUT2D eigenvalue weighted by atomic mass is 9.96. The molecule has 1 rings (SSSR count). The van der Waals surface area contributed by atoms with E-state index in [1.807, 2.05) is 6.08 Å². The molecule has 0 aromatic heterocycles. The molecular weight excluding hydrogens is 192 g/mol. The first-order chi connectivity index (χ1) is 7.71. The number of hydrogen-bond acceptors (Lipinski definition) is 0. The molecule has 0 bridgehead atoms. The Hall–Kier alpha value is -1.30. The van der Waals surface area contributed by atoms with Crippen LogP contribution in [0, 0.1) is 0 Å². The molecule has 0 aliphatic rings. The quantitative estimate of drug-likeness (QED) is 0.613. The molecule has 16 heavy (non-hydrogen) atoms. The Kier molecular flexibility index (Phi) is 5.04. The van der Waals surface area contributed by atoms with E-state index in [9.17, 15) is 0 Å². The van der Waals surface area contributed by atoms with Crippen molar-refractivity contribution in [2.75, 3.05) is 0 Å². The van der Waals surface area contributed by atoms with Gasteiger partial charge in [0.1, 0.15) is 0 Å². The van der Waals surface area contributed by atoms with Crippen LogP contribution in [0.15, 0.2) is 48.6 Å². The molecule has 1 aromatic rings. The summed E-state index contributed by atoms with van der Waals surface area (Å²) < 4.78 is 0. The Bertz CT molecular complexity index is 354. The van der Waals surface area contributed by atoms with Crippen LogP contribution in [0.2, 0.25) is 0 Å². The molecule has 1 aromatic carbocycles. The highest BCUT2D eigenvalue weighted by Gasteiger charge is 2.02. The number of benzene rings is 1. The SMILES string of the molecule is C=C/C(=C\C)Cc1ccc(C(C)CC)cc1. The van der Waals surface area contributed by atoms with E-state index < -0.39 is 0 Å². The van der Waals surface area contributed by atoms with Crippen LogP contribution in [-0.4, -0.2) is 0 Å². The minimum Gasteiger partial charge on any atom is -0.0988 e. The fourth-order valence-electron chi connectivity index (χ4n) is 1.73. The normalized spacial score (nSPS) is 13.6.